The van der Waals surface area contributed by atoms with E-state index < -0.39 is 0 Å². The van der Waals surface area contributed by atoms with Crippen molar-refractivity contribution >= 4 is 17.5 Å². The lowest BCUT2D eigenvalue weighted by Crippen LogP contribution is -2.30. The molecular weight excluding hydrogens is 230 g/mol. The van der Waals surface area contributed by atoms with E-state index >= 15 is 0 Å². The molecule has 0 aliphatic heterocycles. The van der Waals surface area contributed by atoms with Crippen molar-refractivity contribution in [3.05, 3.63) is 29.8 Å². The van der Waals surface area contributed by atoms with Gasteiger partial charge in [-0.3, -0.25) is 9.59 Å². The molecule has 0 fully saturated rings. The Balaban J connectivity index is 2.54. The quantitative estimate of drug-likeness (QED) is 0.658. The first-order chi connectivity index (χ1) is 8.67. The van der Waals surface area contributed by atoms with Crippen LogP contribution in [-0.2, 0) is 4.79 Å². The van der Waals surface area contributed by atoms with Crippen molar-refractivity contribution in [2.24, 2.45) is 0 Å². The lowest BCUT2D eigenvalue weighted by molar-refractivity contribution is -0.115. The van der Waals surface area contributed by atoms with Crippen LogP contribution in [0, 0.1) is 0 Å². The molecule has 0 spiro atoms. The summed E-state index contributed by atoms with van der Waals surface area (Å²) in [4.78, 5) is 22.9. The maximum Gasteiger partial charge on any atom is 0.251 e. The normalized spacial score (nSPS) is 9.89. The second-order valence-corrected chi connectivity index (χ2v) is 3.84. The first-order valence-corrected chi connectivity index (χ1v) is 6.00. The summed E-state index contributed by atoms with van der Waals surface area (Å²) in [6.45, 7) is 3.11. The van der Waals surface area contributed by atoms with Crippen LogP contribution in [0.5, 0.6) is 0 Å². The number of anilines is 1. The van der Waals surface area contributed by atoms with Crippen LogP contribution in [0.25, 0.3) is 0 Å². The van der Waals surface area contributed by atoms with E-state index in [-0.39, 0.29) is 11.8 Å². The zero-order chi connectivity index (χ0) is 13.4. The largest absolute Gasteiger partial charge is 0.351 e. The molecule has 0 saturated heterocycles. The molecule has 0 atom stereocenters. The van der Waals surface area contributed by atoms with Crippen molar-refractivity contribution in [3.8, 4) is 0 Å². The van der Waals surface area contributed by atoms with E-state index in [1.54, 1.807) is 31.2 Å². The van der Waals surface area contributed by atoms with Gasteiger partial charge in [-0.05, 0) is 31.3 Å². The summed E-state index contributed by atoms with van der Waals surface area (Å²) in [5, 5.41) is 8.46. The van der Waals surface area contributed by atoms with Crippen LogP contribution in [-0.4, -0.2) is 32.0 Å². The maximum atomic E-state index is 11.7. The highest BCUT2D eigenvalue weighted by molar-refractivity contribution is 5.95. The van der Waals surface area contributed by atoms with E-state index in [9.17, 15) is 9.59 Å². The molecule has 0 aliphatic carbocycles. The van der Waals surface area contributed by atoms with Gasteiger partial charge in [-0.15, -0.1) is 0 Å². The molecule has 0 saturated carbocycles. The van der Waals surface area contributed by atoms with Crippen LogP contribution in [0.1, 0.15) is 23.7 Å². The monoisotopic (exact) mass is 249 g/mol. The highest BCUT2D eigenvalue weighted by atomic mass is 16.2. The molecule has 0 bridgehead atoms. The van der Waals surface area contributed by atoms with Gasteiger partial charge < -0.3 is 16.0 Å². The topological polar surface area (TPSA) is 70.2 Å². The predicted octanol–water partition coefficient (Wildman–Crippen LogP) is 0.984. The Morgan fingerprint density at radius 1 is 1.11 bits per heavy atom. The van der Waals surface area contributed by atoms with Crippen molar-refractivity contribution in [1.82, 2.24) is 10.6 Å². The maximum absolute atomic E-state index is 11.7. The van der Waals surface area contributed by atoms with Gasteiger partial charge in [0.2, 0.25) is 5.91 Å². The molecule has 1 rings (SSSR count). The average Bonchev–Trinajstić information content (AvgIpc) is 2.39. The Morgan fingerprint density at radius 3 is 2.33 bits per heavy atom. The summed E-state index contributed by atoms with van der Waals surface area (Å²) in [6, 6.07) is 6.83. The van der Waals surface area contributed by atoms with E-state index in [1.165, 1.54) is 0 Å². The molecule has 0 aromatic heterocycles. The number of hydrogen-bond acceptors (Lipinski definition) is 3. The van der Waals surface area contributed by atoms with Crippen LogP contribution in [0.3, 0.4) is 0 Å². The lowest BCUT2D eigenvalue weighted by atomic mass is 10.2. The molecule has 5 heteroatoms. The molecule has 1 aromatic carbocycles. The van der Waals surface area contributed by atoms with Gasteiger partial charge in [-0.2, -0.15) is 0 Å². The number of carbonyl (C=O) groups excluding carboxylic acids is 2. The molecule has 18 heavy (non-hydrogen) atoms. The molecule has 98 valence electrons. The highest BCUT2D eigenvalue weighted by Crippen LogP contribution is 2.09. The summed E-state index contributed by atoms with van der Waals surface area (Å²) in [5.41, 5.74) is 1.29. The summed E-state index contributed by atoms with van der Waals surface area (Å²) < 4.78 is 0. The lowest BCUT2D eigenvalue weighted by Gasteiger charge is -2.06. The molecule has 0 unspecified atom stereocenters. The van der Waals surface area contributed by atoms with Crippen LogP contribution in [0.15, 0.2) is 24.3 Å². The number of nitrogens with one attached hydrogen (secondary N) is 3. The van der Waals surface area contributed by atoms with Crippen molar-refractivity contribution in [1.29, 1.82) is 0 Å². The number of benzene rings is 1. The van der Waals surface area contributed by atoms with Crippen LogP contribution < -0.4 is 16.0 Å². The average molecular weight is 249 g/mol. The summed E-state index contributed by atoms with van der Waals surface area (Å²) in [7, 11) is 1.83. The van der Waals surface area contributed by atoms with E-state index in [4.69, 9.17) is 0 Å². The third-order valence-electron chi connectivity index (χ3n) is 2.41. The summed E-state index contributed by atoms with van der Waals surface area (Å²) >= 11 is 0. The van der Waals surface area contributed by atoms with Gasteiger partial charge in [0.25, 0.3) is 5.91 Å². The Hall–Kier alpha value is -1.88. The Bertz CT molecular complexity index is 401. The van der Waals surface area contributed by atoms with Crippen molar-refractivity contribution in [3.63, 3.8) is 0 Å². The third kappa shape index (κ3) is 4.55. The second kappa shape index (κ2) is 7.45. The predicted molar refractivity (Wildman–Crippen MR) is 71.6 cm³/mol. The minimum atomic E-state index is -0.112. The van der Waals surface area contributed by atoms with Gasteiger partial charge in [0, 0.05) is 30.8 Å². The van der Waals surface area contributed by atoms with Crippen LogP contribution in [0.2, 0.25) is 0 Å². The van der Waals surface area contributed by atoms with Gasteiger partial charge in [0.15, 0.2) is 0 Å². The fourth-order valence-corrected chi connectivity index (χ4v) is 1.36. The standard InChI is InChI=1S/C13H19N3O2/c1-3-12(17)16-11-6-4-10(5-7-11)13(18)15-9-8-14-2/h4-7,14H,3,8-9H2,1-2H3,(H,15,18)(H,16,17). The van der Waals surface area contributed by atoms with Crippen molar-refractivity contribution in [2.45, 2.75) is 13.3 Å². The Morgan fingerprint density at radius 2 is 1.78 bits per heavy atom. The van der Waals surface area contributed by atoms with Gasteiger partial charge in [0.1, 0.15) is 0 Å². The fraction of sp³-hybridized carbons (Fsp3) is 0.385. The van der Waals surface area contributed by atoms with E-state index in [0.717, 1.165) is 6.54 Å². The Kier molecular flexibility index (Phi) is 5.87. The first kappa shape index (κ1) is 14.2. The number of likely N-dealkylation sites (N-methyl/N-ethyl adjacent to an activating group) is 1. The highest BCUT2D eigenvalue weighted by Gasteiger charge is 2.05. The third-order valence-corrected chi connectivity index (χ3v) is 2.41. The number of amides is 2. The van der Waals surface area contributed by atoms with E-state index in [0.29, 0.717) is 24.2 Å². The summed E-state index contributed by atoms with van der Waals surface area (Å²) in [5.74, 6) is -0.153. The van der Waals surface area contributed by atoms with E-state index in [1.807, 2.05) is 7.05 Å². The molecule has 0 radical (unpaired) electrons. The zero-order valence-electron chi connectivity index (χ0n) is 10.7. The number of hydrogen-bond donors (Lipinski definition) is 3. The molecule has 0 heterocycles. The molecule has 1 aromatic rings. The van der Waals surface area contributed by atoms with Gasteiger partial charge in [0.05, 0.1) is 0 Å². The SMILES string of the molecule is CCC(=O)Nc1ccc(C(=O)NCCNC)cc1. The fourth-order valence-electron chi connectivity index (χ4n) is 1.36. The van der Waals surface area contributed by atoms with Crippen molar-refractivity contribution in [2.75, 3.05) is 25.5 Å². The molecule has 5 nitrogen and oxygen atoms in total. The summed E-state index contributed by atoms with van der Waals surface area (Å²) in [6.07, 6.45) is 0.437. The van der Waals surface area contributed by atoms with Gasteiger partial charge in [-0.1, -0.05) is 6.92 Å². The molecule has 0 aliphatic rings. The number of rotatable bonds is 6. The van der Waals surface area contributed by atoms with E-state index in [2.05, 4.69) is 16.0 Å². The zero-order valence-corrected chi connectivity index (χ0v) is 10.7. The molecule has 2 amide bonds. The number of carbonyl (C=O) groups is 2. The van der Waals surface area contributed by atoms with Gasteiger partial charge >= 0.3 is 0 Å². The Labute approximate surface area is 107 Å². The minimum absolute atomic E-state index is 0.0405. The van der Waals surface area contributed by atoms with Gasteiger partial charge in [-0.25, -0.2) is 0 Å². The van der Waals surface area contributed by atoms with Crippen molar-refractivity contribution < 1.29 is 9.59 Å². The molecule has 3 N–H and O–H groups in total. The minimum Gasteiger partial charge on any atom is -0.351 e. The molecular formula is C13H19N3O2. The smallest absolute Gasteiger partial charge is 0.251 e. The second-order valence-electron chi connectivity index (χ2n) is 3.84. The van der Waals surface area contributed by atoms with Crippen LogP contribution >= 0.6 is 0 Å². The van der Waals surface area contributed by atoms with Crippen LogP contribution in [0.4, 0.5) is 5.69 Å². The first-order valence-electron chi connectivity index (χ1n) is 6.00.